The van der Waals surface area contributed by atoms with Gasteiger partial charge in [0, 0.05) is 22.3 Å². The highest BCUT2D eigenvalue weighted by molar-refractivity contribution is 9.10. The number of aromatic amines is 1. The number of aromatic nitrogens is 1. The van der Waals surface area contributed by atoms with Crippen LogP contribution in [0.2, 0.25) is 5.02 Å². The van der Waals surface area contributed by atoms with Crippen molar-refractivity contribution >= 4 is 44.4 Å². The van der Waals surface area contributed by atoms with Crippen LogP contribution in [0.4, 0.5) is 0 Å². The Kier molecular flexibility index (Phi) is 4.30. The van der Waals surface area contributed by atoms with E-state index in [-0.39, 0.29) is 5.97 Å². The van der Waals surface area contributed by atoms with Crippen molar-refractivity contribution in [3.8, 4) is 0 Å². The van der Waals surface area contributed by atoms with Gasteiger partial charge in [-0.2, -0.15) is 0 Å². The third-order valence-corrected chi connectivity index (χ3v) is 3.76. The van der Waals surface area contributed by atoms with E-state index in [1.165, 1.54) is 7.11 Å². The summed E-state index contributed by atoms with van der Waals surface area (Å²) in [5, 5.41) is 1.81. The maximum Gasteiger partial charge on any atom is 0.305 e. The number of esters is 1. The molecule has 0 bridgehead atoms. The zero-order valence-electron chi connectivity index (χ0n) is 9.93. The fourth-order valence-corrected chi connectivity index (χ4v) is 2.74. The van der Waals surface area contributed by atoms with E-state index < -0.39 is 0 Å². The number of nitrogens with one attached hydrogen (secondary N) is 1. The van der Waals surface area contributed by atoms with Crippen molar-refractivity contribution in [3.05, 3.63) is 33.4 Å². The van der Waals surface area contributed by atoms with Gasteiger partial charge in [-0.05, 0) is 52.5 Å². The van der Waals surface area contributed by atoms with E-state index >= 15 is 0 Å². The van der Waals surface area contributed by atoms with Crippen LogP contribution in [0.5, 0.6) is 0 Å². The summed E-state index contributed by atoms with van der Waals surface area (Å²) in [7, 11) is 1.41. The van der Waals surface area contributed by atoms with Crippen LogP contribution >= 0.6 is 27.5 Å². The molecule has 96 valence electrons. The molecule has 0 fully saturated rings. The second kappa shape index (κ2) is 5.76. The van der Waals surface area contributed by atoms with Crippen LogP contribution in [0.15, 0.2) is 22.8 Å². The first-order valence-electron chi connectivity index (χ1n) is 5.64. The number of rotatable bonds is 4. The van der Waals surface area contributed by atoms with Crippen molar-refractivity contribution in [3.63, 3.8) is 0 Å². The first-order chi connectivity index (χ1) is 8.61. The number of benzene rings is 1. The molecular formula is C13H13BrClNO2. The molecule has 0 aliphatic carbocycles. The molecule has 2 rings (SSSR count). The molecule has 0 amide bonds. The smallest absolute Gasteiger partial charge is 0.305 e. The number of fused-ring (bicyclic) bond motifs is 1. The van der Waals surface area contributed by atoms with Crippen molar-refractivity contribution in [2.24, 2.45) is 0 Å². The summed E-state index contributed by atoms with van der Waals surface area (Å²) in [5.41, 5.74) is 2.19. The molecule has 0 spiro atoms. The zero-order chi connectivity index (χ0) is 13.1. The Labute approximate surface area is 119 Å². The van der Waals surface area contributed by atoms with Crippen LogP contribution in [0.1, 0.15) is 18.4 Å². The lowest BCUT2D eigenvalue weighted by Crippen LogP contribution is -2.00. The van der Waals surface area contributed by atoms with Crippen molar-refractivity contribution in [2.75, 3.05) is 7.11 Å². The lowest BCUT2D eigenvalue weighted by molar-refractivity contribution is -0.140. The third kappa shape index (κ3) is 2.87. The summed E-state index contributed by atoms with van der Waals surface area (Å²) in [6.45, 7) is 0. The predicted molar refractivity (Wildman–Crippen MR) is 76.0 cm³/mol. The number of H-pyrrole nitrogens is 1. The number of carbonyl (C=O) groups excluding carboxylic acids is 1. The van der Waals surface area contributed by atoms with E-state index in [9.17, 15) is 4.79 Å². The van der Waals surface area contributed by atoms with Gasteiger partial charge in [-0.3, -0.25) is 4.79 Å². The summed E-state index contributed by atoms with van der Waals surface area (Å²) >= 11 is 9.51. The number of ether oxygens (including phenoxy) is 1. The Morgan fingerprint density at radius 2 is 2.28 bits per heavy atom. The Bertz CT molecular complexity index is 580. The Balaban J connectivity index is 2.19. The molecule has 3 nitrogen and oxygen atoms in total. The van der Waals surface area contributed by atoms with Crippen LogP contribution in [-0.4, -0.2) is 18.1 Å². The second-order valence-electron chi connectivity index (χ2n) is 4.04. The third-order valence-electron chi connectivity index (χ3n) is 2.85. The van der Waals surface area contributed by atoms with Gasteiger partial charge in [-0.15, -0.1) is 0 Å². The van der Waals surface area contributed by atoms with Crippen molar-refractivity contribution in [1.82, 2.24) is 4.98 Å². The first kappa shape index (κ1) is 13.4. The van der Waals surface area contributed by atoms with Crippen molar-refractivity contribution in [1.29, 1.82) is 0 Å². The Hall–Kier alpha value is -1.00. The van der Waals surface area contributed by atoms with Gasteiger partial charge >= 0.3 is 5.97 Å². The molecule has 0 unspecified atom stereocenters. The van der Waals surface area contributed by atoms with Gasteiger partial charge in [0.25, 0.3) is 0 Å². The lowest BCUT2D eigenvalue weighted by Gasteiger charge is -2.01. The van der Waals surface area contributed by atoms with Crippen molar-refractivity contribution < 1.29 is 9.53 Å². The number of carbonyl (C=O) groups is 1. The van der Waals surface area contributed by atoms with Gasteiger partial charge in [-0.1, -0.05) is 11.6 Å². The molecule has 1 N–H and O–H groups in total. The molecule has 0 aliphatic heterocycles. The molecule has 5 heteroatoms. The van der Waals surface area contributed by atoms with Crippen LogP contribution in [0.25, 0.3) is 10.9 Å². The highest BCUT2D eigenvalue weighted by Crippen LogP contribution is 2.30. The zero-order valence-corrected chi connectivity index (χ0v) is 12.3. The van der Waals surface area contributed by atoms with E-state index in [0.29, 0.717) is 11.4 Å². The SMILES string of the molecule is COC(=O)CCCc1c(Br)[nH]c2ccc(Cl)cc12. The topological polar surface area (TPSA) is 42.1 Å². The van der Waals surface area contributed by atoms with Crippen molar-refractivity contribution in [2.45, 2.75) is 19.3 Å². The largest absolute Gasteiger partial charge is 0.469 e. The monoisotopic (exact) mass is 329 g/mol. The lowest BCUT2D eigenvalue weighted by atomic mass is 10.1. The molecule has 0 aliphatic rings. The maximum atomic E-state index is 11.1. The highest BCUT2D eigenvalue weighted by Gasteiger charge is 2.10. The van der Waals surface area contributed by atoms with E-state index in [4.69, 9.17) is 11.6 Å². The van der Waals surface area contributed by atoms with Crippen LogP contribution < -0.4 is 0 Å². The molecule has 2 aromatic rings. The van der Waals surface area contributed by atoms with E-state index in [1.54, 1.807) is 0 Å². The van der Waals surface area contributed by atoms with Crippen LogP contribution in [0.3, 0.4) is 0 Å². The standard InChI is InChI=1S/C13H13BrClNO2/c1-18-12(17)4-2-3-9-10-7-8(15)5-6-11(10)16-13(9)14/h5-7,16H,2-4H2,1H3. The minimum absolute atomic E-state index is 0.177. The average molecular weight is 331 g/mol. The van der Waals surface area contributed by atoms with Gasteiger partial charge in [0.15, 0.2) is 0 Å². The number of hydrogen-bond acceptors (Lipinski definition) is 2. The van der Waals surface area contributed by atoms with Gasteiger partial charge < -0.3 is 9.72 Å². The molecule has 1 aromatic carbocycles. The summed E-state index contributed by atoms with van der Waals surface area (Å²) in [6.07, 6.45) is 1.98. The molecule has 0 radical (unpaired) electrons. The van der Waals surface area contributed by atoms with E-state index in [0.717, 1.165) is 33.9 Å². The summed E-state index contributed by atoms with van der Waals surface area (Å²) in [6, 6.07) is 5.74. The summed E-state index contributed by atoms with van der Waals surface area (Å²) in [4.78, 5) is 14.3. The molecule has 1 heterocycles. The number of hydrogen-bond donors (Lipinski definition) is 1. The molecule has 18 heavy (non-hydrogen) atoms. The summed E-state index contributed by atoms with van der Waals surface area (Å²) < 4.78 is 5.58. The molecule has 1 aromatic heterocycles. The number of methoxy groups -OCH3 is 1. The van der Waals surface area contributed by atoms with Gasteiger partial charge in [0.2, 0.25) is 0 Å². The highest BCUT2D eigenvalue weighted by atomic mass is 79.9. The molecular weight excluding hydrogens is 318 g/mol. The minimum atomic E-state index is -0.177. The Morgan fingerprint density at radius 3 is 3.00 bits per heavy atom. The maximum absolute atomic E-state index is 11.1. The van der Waals surface area contributed by atoms with Gasteiger partial charge in [0.1, 0.15) is 0 Å². The second-order valence-corrected chi connectivity index (χ2v) is 5.27. The molecule has 0 saturated heterocycles. The fourth-order valence-electron chi connectivity index (χ4n) is 1.94. The quantitative estimate of drug-likeness (QED) is 0.858. The van der Waals surface area contributed by atoms with E-state index in [1.807, 2.05) is 18.2 Å². The fraction of sp³-hybridized carbons (Fsp3) is 0.308. The van der Waals surface area contributed by atoms with Gasteiger partial charge in [-0.25, -0.2) is 0 Å². The number of aryl methyl sites for hydroxylation is 1. The predicted octanol–water partition coefficient (Wildman–Crippen LogP) is 4.08. The Morgan fingerprint density at radius 1 is 1.50 bits per heavy atom. The molecule has 0 atom stereocenters. The normalized spacial score (nSPS) is 10.8. The summed E-state index contributed by atoms with van der Waals surface area (Å²) in [5.74, 6) is -0.177. The van der Waals surface area contributed by atoms with Crippen LogP contribution in [-0.2, 0) is 16.0 Å². The van der Waals surface area contributed by atoms with Gasteiger partial charge in [0.05, 0.1) is 11.7 Å². The van der Waals surface area contributed by atoms with Crippen LogP contribution in [0, 0.1) is 0 Å². The minimum Gasteiger partial charge on any atom is -0.469 e. The molecule has 0 saturated carbocycles. The average Bonchev–Trinajstić information content (AvgIpc) is 2.65. The van der Waals surface area contributed by atoms with E-state index in [2.05, 4.69) is 25.7 Å². The number of halogens is 2. The first-order valence-corrected chi connectivity index (χ1v) is 6.81.